The quantitative estimate of drug-likeness (QED) is 0.826. The van der Waals surface area contributed by atoms with Crippen LogP contribution < -0.4 is 5.32 Å². The highest BCUT2D eigenvalue weighted by molar-refractivity contribution is 5.78. The summed E-state index contributed by atoms with van der Waals surface area (Å²) in [6, 6.07) is 12.6. The second-order valence-electron chi connectivity index (χ2n) is 4.29. The van der Waals surface area contributed by atoms with Crippen LogP contribution in [0.5, 0.6) is 0 Å². The van der Waals surface area contributed by atoms with Crippen LogP contribution in [0.4, 0.5) is 0 Å². The highest BCUT2D eigenvalue weighted by Gasteiger charge is 2.02. The number of nitrogens with one attached hydrogen (secondary N) is 1. The third kappa shape index (κ3) is 3.25. The monoisotopic (exact) mass is 230 g/mol. The molecule has 2 rings (SSSR count). The zero-order valence-corrected chi connectivity index (χ0v) is 10.1. The fraction of sp³-hybridized carbons (Fsp3) is 0.357. The molecule has 1 atom stereocenters. The van der Waals surface area contributed by atoms with Crippen LogP contribution in [0.3, 0.4) is 0 Å². The van der Waals surface area contributed by atoms with Crippen LogP contribution in [0.2, 0.25) is 0 Å². The summed E-state index contributed by atoms with van der Waals surface area (Å²) in [5, 5.41) is 13.3. The van der Waals surface area contributed by atoms with Gasteiger partial charge in [0.2, 0.25) is 0 Å². The summed E-state index contributed by atoms with van der Waals surface area (Å²) in [5.41, 5.74) is 2.06. The number of para-hydroxylation sites is 1. The first-order chi connectivity index (χ1) is 8.29. The fourth-order valence-electron chi connectivity index (χ4n) is 1.78. The van der Waals surface area contributed by atoms with E-state index in [2.05, 4.69) is 29.4 Å². The Kier molecular flexibility index (Phi) is 4.07. The molecule has 90 valence electrons. The molecule has 1 heterocycles. The zero-order chi connectivity index (χ0) is 12.1. The van der Waals surface area contributed by atoms with Gasteiger partial charge in [0.1, 0.15) is 0 Å². The predicted octanol–water partition coefficient (Wildman–Crippen LogP) is 2.10. The summed E-state index contributed by atoms with van der Waals surface area (Å²) in [6.07, 6.45) is 0.771. The van der Waals surface area contributed by atoms with Crippen molar-refractivity contribution in [2.24, 2.45) is 0 Å². The van der Waals surface area contributed by atoms with E-state index in [-0.39, 0.29) is 6.61 Å². The average molecular weight is 230 g/mol. The molecule has 0 amide bonds. The lowest BCUT2D eigenvalue weighted by molar-refractivity contribution is 0.268. The van der Waals surface area contributed by atoms with E-state index in [4.69, 9.17) is 5.11 Å². The molecule has 3 heteroatoms. The van der Waals surface area contributed by atoms with Crippen molar-refractivity contribution in [3.8, 4) is 0 Å². The van der Waals surface area contributed by atoms with Crippen molar-refractivity contribution in [2.75, 3.05) is 6.61 Å². The molecule has 0 fully saturated rings. The maximum Gasteiger partial charge on any atom is 0.0705 e. The Morgan fingerprint density at radius 3 is 2.88 bits per heavy atom. The van der Waals surface area contributed by atoms with Gasteiger partial charge in [-0.25, -0.2) is 0 Å². The van der Waals surface area contributed by atoms with E-state index in [1.165, 1.54) is 5.39 Å². The molecule has 2 aromatic rings. The number of hydrogen-bond donors (Lipinski definition) is 2. The molecule has 0 radical (unpaired) electrons. The van der Waals surface area contributed by atoms with E-state index in [1.807, 2.05) is 24.3 Å². The minimum absolute atomic E-state index is 0.222. The molecule has 3 nitrogen and oxygen atoms in total. The van der Waals surface area contributed by atoms with Gasteiger partial charge in [-0.05, 0) is 25.5 Å². The van der Waals surface area contributed by atoms with E-state index < -0.39 is 0 Å². The van der Waals surface area contributed by atoms with Gasteiger partial charge < -0.3 is 10.4 Å². The molecule has 0 spiro atoms. The van der Waals surface area contributed by atoms with E-state index in [0.29, 0.717) is 6.04 Å². The van der Waals surface area contributed by atoms with Crippen LogP contribution in [0.25, 0.3) is 10.9 Å². The summed E-state index contributed by atoms with van der Waals surface area (Å²) in [4.78, 5) is 4.58. The third-order valence-electron chi connectivity index (χ3n) is 2.85. The van der Waals surface area contributed by atoms with Crippen molar-refractivity contribution in [2.45, 2.75) is 25.9 Å². The fourth-order valence-corrected chi connectivity index (χ4v) is 1.78. The summed E-state index contributed by atoms with van der Waals surface area (Å²) in [7, 11) is 0. The SMILES string of the molecule is CC(CCO)NCc1ccc2ccccc2n1. The Bertz CT molecular complexity index is 484. The summed E-state index contributed by atoms with van der Waals surface area (Å²) in [6.45, 7) is 3.03. The first-order valence-electron chi connectivity index (χ1n) is 5.98. The van der Waals surface area contributed by atoms with E-state index in [0.717, 1.165) is 24.2 Å². The summed E-state index contributed by atoms with van der Waals surface area (Å²) >= 11 is 0. The van der Waals surface area contributed by atoms with Gasteiger partial charge in [0.25, 0.3) is 0 Å². The number of fused-ring (bicyclic) bond motifs is 1. The average Bonchev–Trinajstić information content (AvgIpc) is 2.36. The lowest BCUT2D eigenvalue weighted by atomic mass is 10.2. The number of aliphatic hydroxyl groups excluding tert-OH is 1. The van der Waals surface area contributed by atoms with Gasteiger partial charge in [0.05, 0.1) is 11.2 Å². The summed E-state index contributed by atoms with van der Waals surface area (Å²) in [5.74, 6) is 0. The molecule has 1 aromatic carbocycles. The summed E-state index contributed by atoms with van der Waals surface area (Å²) < 4.78 is 0. The van der Waals surface area contributed by atoms with Crippen molar-refractivity contribution >= 4 is 10.9 Å². The van der Waals surface area contributed by atoms with Crippen molar-refractivity contribution in [3.05, 3.63) is 42.1 Å². The van der Waals surface area contributed by atoms with Crippen LogP contribution in [0.15, 0.2) is 36.4 Å². The van der Waals surface area contributed by atoms with Crippen molar-refractivity contribution in [3.63, 3.8) is 0 Å². The maximum absolute atomic E-state index is 8.82. The van der Waals surface area contributed by atoms with Crippen LogP contribution in [0.1, 0.15) is 19.0 Å². The Morgan fingerprint density at radius 2 is 2.06 bits per heavy atom. The number of benzene rings is 1. The van der Waals surface area contributed by atoms with Crippen molar-refractivity contribution in [1.29, 1.82) is 0 Å². The smallest absolute Gasteiger partial charge is 0.0705 e. The largest absolute Gasteiger partial charge is 0.396 e. The second kappa shape index (κ2) is 5.75. The highest BCUT2D eigenvalue weighted by atomic mass is 16.3. The molecule has 0 saturated heterocycles. The molecular weight excluding hydrogens is 212 g/mol. The molecule has 0 bridgehead atoms. The lowest BCUT2D eigenvalue weighted by Crippen LogP contribution is -2.26. The molecule has 1 unspecified atom stereocenters. The van der Waals surface area contributed by atoms with Crippen molar-refractivity contribution < 1.29 is 5.11 Å². The molecule has 0 aliphatic carbocycles. The van der Waals surface area contributed by atoms with Gasteiger partial charge in [-0.1, -0.05) is 24.3 Å². The topological polar surface area (TPSA) is 45.1 Å². The van der Waals surface area contributed by atoms with E-state index in [9.17, 15) is 0 Å². The number of aromatic nitrogens is 1. The normalized spacial score (nSPS) is 12.8. The molecule has 1 aromatic heterocycles. The van der Waals surface area contributed by atoms with Gasteiger partial charge in [-0.3, -0.25) is 4.98 Å². The number of hydrogen-bond acceptors (Lipinski definition) is 3. The predicted molar refractivity (Wildman–Crippen MR) is 69.7 cm³/mol. The van der Waals surface area contributed by atoms with E-state index >= 15 is 0 Å². The van der Waals surface area contributed by atoms with Gasteiger partial charge in [0, 0.05) is 24.6 Å². The van der Waals surface area contributed by atoms with Gasteiger partial charge in [-0.2, -0.15) is 0 Å². The van der Waals surface area contributed by atoms with Crippen LogP contribution in [-0.2, 0) is 6.54 Å². The first kappa shape index (κ1) is 12.0. The Hall–Kier alpha value is -1.45. The number of rotatable bonds is 5. The minimum Gasteiger partial charge on any atom is -0.396 e. The Morgan fingerprint density at radius 1 is 1.24 bits per heavy atom. The molecule has 17 heavy (non-hydrogen) atoms. The van der Waals surface area contributed by atoms with Gasteiger partial charge >= 0.3 is 0 Å². The minimum atomic E-state index is 0.222. The zero-order valence-electron chi connectivity index (χ0n) is 10.1. The molecular formula is C14H18N2O. The van der Waals surface area contributed by atoms with Crippen LogP contribution in [0, 0.1) is 0 Å². The number of aliphatic hydroxyl groups is 1. The van der Waals surface area contributed by atoms with Crippen molar-refractivity contribution in [1.82, 2.24) is 10.3 Å². The van der Waals surface area contributed by atoms with Gasteiger partial charge in [-0.15, -0.1) is 0 Å². The molecule has 0 aliphatic heterocycles. The first-order valence-corrected chi connectivity index (χ1v) is 5.98. The number of nitrogens with zero attached hydrogens (tertiary/aromatic N) is 1. The standard InChI is InChI=1S/C14H18N2O/c1-11(8-9-17)15-10-13-7-6-12-4-2-3-5-14(12)16-13/h2-7,11,15,17H,8-10H2,1H3. The third-order valence-corrected chi connectivity index (χ3v) is 2.85. The van der Waals surface area contributed by atoms with Crippen LogP contribution >= 0.6 is 0 Å². The highest BCUT2D eigenvalue weighted by Crippen LogP contribution is 2.11. The number of pyridine rings is 1. The van der Waals surface area contributed by atoms with Crippen LogP contribution in [-0.4, -0.2) is 22.7 Å². The second-order valence-corrected chi connectivity index (χ2v) is 4.29. The Labute approximate surface area is 102 Å². The molecule has 0 saturated carbocycles. The lowest BCUT2D eigenvalue weighted by Gasteiger charge is -2.11. The van der Waals surface area contributed by atoms with E-state index in [1.54, 1.807) is 0 Å². The Balaban J connectivity index is 2.04. The molecule has 0 aliphatic rings. The maximum atomic E-state index is 8.82. The molecule has 2 N–H and O–H groups in total. The van der Waals surface area contributed by atoms with Gasteiger partial charge in [0.15, 0.2) is 0 Å².